The second kappa shape index (κ2) is 6.77. The zero-order chi connectivity index (χ0) is 20.9. The van der Waals surface area contributed by atoms with Gasteiger partial charge in [0.25, 0.3) is 0 Å². The van der Waals surface area contributed by atoms with Gasteiger partial charge in [0.1, 0.15) is 5.54 Å². The van der Waals surface area contributed by atoms with Crippen LogP contribution in [0.4, 0.5) is 5.69 Å². The molecule has 1 saturated heterocycles. The number of nitro groups is 1. The quantitative estimate of drug-likeness (QED) is 0.458. The fourth-order valence-corrected chi connectivity index (χ4v) is 4.98. The molecule has 1 spiro atoms. The molecule has 0 saturated carbocycles. The molecular formula is C22H21N5O3. The third kappa shape index (κ3) is 2.64. The van der Waals surface area contributed by atoms with E-state index in [1.807, 2.05) is 55.5 Å². The lowest BCUT2D eigenvalue weighted by Gasteiger charge is -2.29. The molecule has 30 heavy (non-hydrogen) atoms. The van der Waals surface area contributed by atoms with Gasteiger partial charge in [-0.25, -0.2) is 4.98 Å². The fourth-order valence-electron chi connectivity index (χ4n) is 4.98. The first-order valence-corrected chi connectivity index (χ1v) is 9.86. The van der Waals surface area contributed by atoms with Crippen molar-refractivity contribution < 1.29 is 9.72 Å². The topological polar surface area (TPSA) is 113 Å². The standard InChI is InChI=1S/C22H21N5O3/c1-13-6-8-14(9-7-13)19-20(27(29)30)18(10-15-11-23-12-24-15)26-22(19)16-4-2-3-5-17(16)25-21(22)28/h2-9,11-12,18-20,26H,10H2,1H3,(H,23,24)(H,25,28)/t18-,19+,20-,22+/m1/s1. The highest BCUT2D eigenvalue weighted by atomic mass is 16.6. The average molecular weight is 403 g/mol. The Morgan fingerprint density at radius 2 is 1.93 bits per heavy atom. The number of carbonyl (C=O) groups excluding carboxylic acids is 1. The number of aryl methyl sites for hydroxylation is 1. The Labute approximate surface area is 172 Å². The largest absolute Gasteiger partial charge is 0.348 e. The molecule has 1 aromatic heterocycles. The molecule has 3 aromatic rings. The monoisotopic (exact) mass is 403 g/mol. The van der Waals surface area contributed by atoms with Crippen LogP contribution < -0.4 is 10.6 Å². The number of para-hydroxylation sites is 1. The summed E-state index contributed by atoms with van der Waals surface area (Å²) in [6.45, 7) is 1.97. The number of aromatic amines is 1. The molecular weight excluding hydrogens is 382 g/mol. The summed E-state index contributed by atoms with van der Waals surface area (Å²) in [5, 5.41) is 18.7. The zero-order valence-electron chi connectivity index (χ0n) is 16.3. The molecule has 8 nitrogen and oxygen atoms in total. The van der Waals surface area contributed by atoms with E-state index in [0.29, 0.717) is 12.1 Å². The van der Waals surface area contributed by atoms with Gasteiger partial charge in [-0.3, -0.25) is 20.2 Å². The van der Waals surface area contributed by atoms with Crippen LogP contribution in [-0.2, 0) is 16.8 Å². The average Bonchev–Trinajstić information content (AvgIpc) is 3.42. The summed E-state index contributed by atoms with van der Waals surface area (Å²) in [7, 11) is 0. The number of benzene rings is 2. The maximum atomic E-state index is 13.4. The molecule has 5 rings (SSSR count). The molecule has 4 atom stereocenters. The number of fused-ring (bicyclic) bond motifs is 2. The van der Waals surface area contributed by atoms with Crippen molar-refractivity contribution in [3.8, 4) is 0 Å². The minimum Gasteiger partial charge on any atom is -0.348 e. The van der Waals surface area contributed by atoms with Crippen LogP contribution in [0.25, 0.3) is 0 Å². The van der Waals surface area contributed by atoms with Crippen molar-refractivity contribution in [2.24, 2.45) is 0 Å². The van der Waals surface area contributed by atoms with Gasteiger partial charge in [0.15, 0.2) is 0 Å². The summed E-state index contributed by atoms with van der Waals surface area (Å²) < 4.78 is 0. The Bertz CT molecular complexity index is 1110. The van der Waals surface area contributed by atoms with E-state index in [0.717, 1.165) is 22.4 Å². The second-order valence-electron chi connectivity index (χ2n) is 8.00. The third-order valence-electron chi connectivity index (χ3n) is 6.27. The molecule has 0 unspecified atom stereocenters. The smallest absolute Gasteiger partial charge is 0.250 e. The van der Waals surface area contributed by atoms with Crippen molar-refractivity contribution in [2.75, 3.05) is 5.32 Å². The normalized spacial score (nSPS) is 27.2. The van der Waals surface area contributed by atoms with Crippen LogP contribution in [-0.4, -0.2) is 32.9 Å². The van der Waals surface area contributed by atoms with Gasteiger partial charge in [-0.2, -0.15) is 0 Å². The van der Waals surface area contributed by atoms with Gasteiger partial charge in [-0.1, -0.05) is 48.0 Å². The number of aromatic nitrogens is 2. The Kier molecular flexibility index (Phi) is 4.18. The molecule has 152 valence electrons. The van der Waals surface area contributed by atoms with Crippen molar-refractivity contribution in [1.29, 1.82) is 0 Å². The Morgan fingerprint density at radius 3 is 2.63 bits per heavy atom. The van der Waals surface area contributed by atoms with E-state index in [-0.39, 0.29) is 10.8 Å². The van der Waals surface area contributed by atoms with E-state index in [2.05, 4.69) is 20.6 Å². The molecule has 0 radical (unpaired) electrons. The van der Waals surface area contributed by atoms with Gasteiger partial charge in [0.2, 0.25) is 11.9 Å². The van der Waals surface area contributed by atoms with Gasteiger partial charge in [-0.15, -0.1) is 0 Å². The van der Waals surface area contributed by atoms with Gasteiger partial charge in [0.05, 0.1) is 18.3 Å². The lowest BCUT2D eigenvalue weighted by molar-refractivity contribution is -0.526. The van der Waals surface area contributed by atoms with Gasteiger partial charge in [0, 0.05) is 34.5 Å². The van der Waals surface area contributed by atoms with Crippen LogP contribution in [0, 0.1) is 17.0 Å². The SMILES string of the molecule is Cc1ccc([C@H]2[C@H]([N+](=O)[O-])[C@@H](Cc3cnc[nH]3)N[C@]23C(=O)Nc2ccccc23)cc1. The number of amides is 1. The lowest BCUT2D eigenvalue weighted by Crippen LogP contribution is -2.49. The molecule has 3 N–H and O–H groups in total. The predicted octanol–water partition coefficient (Wildman–Crippen LogP) is 2.51. The highest BCUT2D eigenvalue weighted by Gasteiger charge is 2.66. The Balaban J connectivity index is 1.70. The minimum atomic E-state index is -1.21. The van der Waals surface area contributed by atoms with Crippen LogP contribution in [0.15, 0.2) is 61.1 Å². The Hall–Kier alpha value is -3.52. The van der Waals surface area contributed by atoms with Crippen molar-refractivity contribution in [2.45, 2.75) is 36.9 Å². The highest BCUT2D eigenvalue weighted by molar-refractivity contribution is 6.07. The number of nitrogens with one attached hydrogen (secondary N) is 3. The summed E-state index contributed by atoms with van der Waals surface area (Å²) in [6.07, 6.45) is 3.58. The number of carbonyl (C=O) groups is 1. The van der Waals surface area contributed by atoms with E-state index in [9.17, 15) is 14.9 Å². The first kappa shape index (κ1) is 18.5. The molecule has 1 fully saturated rings. The molecule has 0 bridgehead atoms. The van der Waals surface area contributed by atoms with Crippen LogP contribution in [0.3, 0.4) is 0 Å². The van der Waals surface area contributed by atoms with Gasteiger partial charge in [-0.05, 0) is 18.6 Å². The number of H-pyrrole nitrogens is 1. The number of anilines is 1. The van der Waals surface area contributed by atoms with E-state index in [4.69, 9.17) is 0 Å². The third-order valence-corrected chi connectivity index (χ3v) is 6.27. The number of hydrogen-bond acceptors (Lipinski definition) is 5. The predicted molar refractivity (Wildman–Crippen MR) is 111 cm³/mol. The number of hydrogen-bond donors (Lipinski definition) is 3. The van der Waals surface area contributed by atoms with E-state index in [1.165, 1.54) is 0 Å². The molecule has 2 aliphatic heterocycles. The maximum absolute atomic E-state index is 13.4. The van der Waals surface area contributed by atoms with Crippen LogP contribution in [0.1, 0.15) is 28.3 Å². The van der Waals surface area contributed by atoms with E-state index >= 15 is 0 Å². The van der Waals surface area contributed by atoms with Crippen LogP contribution in [0.5, 0.6) is 0 Å². The number of imidazole rings is 1. The van der Waals surface area contributed by atoms with Crippen molar-refractivity contribution in [1.82, 2.24) is 15.3 Å². The summed E-state index contributed by atoms with van der Waals surface area (Å²) in [6, 6.07) is 13.5. The van der Waals surface area contributed by atoms with Crippen molar-refractivity contribution in [3.05, 3.63) is 93.6 Å². The molecule has 8 heteroatoms. The minimum absolute atomic E-state index is 0.248. The molecule has 0 aliphatic carbocycles. The zero-order valence-corrected chi connectivity index (χ0v) is 16.3. The number of nitrogens with zero attached hydrogens (tertiary/aromatic N) is 2. The number of rotatable bonds is 4. The molecule has 1 amide bonds. The van der Waals surface area contributed by atoms with Gasteiger partial charge < -0.3 is 10.3 Å². The summed E-state index contributed by atoms with van der Waals surface area (Å²) in [5.74, 6) is -0.919. The molecule has 2 aromatic carbocycles. The second-order valence-corrected chi connectivity index (χ2v) is 8.00. The summed E-state index contributed by atoms with van der Waals surface area (Å²) >= 11 is 0. The van der Waals surface area contributed by atoms with Crippen LogP contribution in [0.2, 0.25) is 0 Å². The lowest BCUT2D eigenvalue weighted by atomic mass is 9.74. The maximum Gasteiger partial charge on any atom is 0.250 e. The van der Waals surface area contributed by atoms with Gasteiger partial charge >= 0.3 is 0 Å². The first-order valence-electron chi connectivity index (χ1n) is 9.86. The molecule has 2 aliphatic rings. The van der Waals surface area contributed by atoms with E-state index < -0.39 is 23.5 Å². The summed E-state index contributed by atoms with van der Waals surface area (Å²) in [5.41, 5.74) is 2.84. The first-order chi connectivity index (χ1) is 14.5. The Morgan fingerprint density at radius 1 is 1.17 bits per heavy atom. The van der Waals surface area contributed by atoms with Crippen molar-refractivity contribution in [3.63, 3.8) is 0 Å². The van der Waals surface area contributed by atoms with E-state index in [1.54, 1.807) is 12.5 Å². The highest BCUT2D eigenvalue weighted by Crippen LogP contribution is 2.52. The summed E-state index contributed by atoms with van der Waals surface area (Å²) in [4.78, 5) is 32.6. The van der Waals surface area contributed by atoms with Crippen molar-refractivity contribution >= 4 is 11.6 Å². The fraction of sp³-hybridized carbons (Fsp3) is 0.273. The van der Waals surface area contributed by atoms with Crippen LogP contribution >= 0.6 is 0 Å². The molecule has 3 heterocycles.